The van der Waals surface area contributed by atoms with Crippen molar-refractivity contribution in [2.75, 3.05) is 0 Å². The Labute approximate surface area is 116 Å². The Morgan fingerprint density at radius 1 is 1.21 bits per heavy atom. The van der Waals surface area contributed by atoms with Crippen molar-refractivity contribution >= 4 is 17.2 Å². The Bertz CT molecular complexity index is 729. The highest BCUT2D eigenvalue weighted by molar-refractivity contribution is 6.33. The zero-order chi connectivity index (χ0) is 13.4. The maximum absolute atomic E-state index is 6.19. The van der Waals surface area contributed by atoms with Crippen molar-refractivity contribution < 1.29 is 0 Å². The lowest BCUT2D eigenvalue weighted by atomic mass is 10.1. The van der Waals surface area contributed by atoms with Crippen LogP contribution in [0.2, 0.25) is 5.02 Å². The zero-order valence-corrected chi connectivity index (χ0v) is 11.4. The van der Waals surface area contributed by atoms with E-state index in [0.717, 1.165) is 22.6 Å². The van der Waals surface area contributed by atoms with E-state index in [1.165, 1.54) is 5.56 Å². The van der Waals surface area contributed by atoms with Gasteiger partial charge in [0.25, 0.3) is 0 Å². The van der Waals surface area contributed by atoms with Crippen LogP contribution >= 0.6 is 11.6 Å². The van der Waals surface area contributed by atoms with Gasteiger partial charge in [-0.15, -0.1) is 0 Å². The highest BCUT2D eigenvalue weighted by atomic mass is 35.5. The van der Waals surface area contributed by atoms with Crippen molar-refractivity contribution in [2.24, 2.45) is 5.73 Å². The molecule has 19 heavy (non-hydrogen) atoms. The van der Waals surface area contributed by atoms with Gasteiger partial charge in [-0.1, -0.05) is 41.4 Å². The lowest BCUT2D eigenvalue weighted by Crippen LogP contribution is -2.02. The average Bonchev–Trinajstić information content (AvgIpc) is 2.79. The van der Waals surface area contributed by atoms with Crippen molar-refractivity contribution in [3.63, 3.8) is 0 Å². The first-order valence-electron chi connectivity index (χ1n) is 6.13. The Morgan fingerprint density at radius 3 is 2.63 bits per heavy atom. The third-order valence-corrected chi connectivity index (χ3v) is 3.51. The van der Waals surface area contributed by atoms with Gasteiger partial charge in [0.1, 0.15) is 0 Å². The Morgan fingerprint density at radius 2 is 1.95 bits per heavy atom. The second-order valence-electron chi connectivity index (χ2n) is 4.53. The van der Waals surface area contributed by atoms with Crippen LogP contribution in [0.1, 0.15) is 11.3 Å². The summed E-state index contributed by atoms with van der Waals surface area (Å²) < 4.78 is 1.96. The van der Waals surface area contributed by atoms with E-state index in [4.69, 9.17) is 17.3 Å². The Kier molecular flexibility index (Phi) is 3.01. The van der Waals surface area contributed by atoms with Gasteiger partial charge in [-0.25, -0.2) is 4.98 Å². The largest absolute Gasteiger partial charge is 0.325 e. The number of nitrogens with zero attached hydrogens (tertiary/aromatic N) is 2. The van der Waals surface area contributed by atoms with E-state index >= 15 is 0 Å². The molecule has 0 radical (unpaired) electrons. The molecule has 0 unspecified atom stereocenters. The summed E-state index contributed by atoms with van der Waals surface area (Å²) in [7, 11) is 0. The summed E-state index contributed by atoms with van der Waals surface area (Å²) in [5.74, 6) is 0. The van der Waals surface area contributed by atoms with E-state index in [1.807, 2.05) is 22.7 Å². The van der Waals surface area contributed by atoms with Gasteiger partial charge in [-0.3, -0.25) is 0 Å². The van der Waals surface area contributed by atoms with Gasteiger partial charge in [0.2, 0.25) is 0 Å². The lowest BCUT2D eigenvalue weighted by Gasteiger charge is -2.02. The molecular weight excluding hydrogens is 258 g/mol. The molecule has 0 aliphatic carbocycles. The topological polar surface area (TPSA) is 43.3 Å². The fourth-order valence-electron chi connectivity index (χ4n) is 2.22. The fraction of sp³-hybridized carbons (Fsp3) is 0.133. The molecule has 0 spiro atoms. The SMILES string of the molecule is Cc1ccc(-c2nc3c(Cl)cccn3c2CN)cc1. The summed E-state index contributed by atoms with van der Waals surface area (Å²) in [4.78, 5) is 4.63. The molecule has 0 saturated heterocycles. The van der Waals surface area contributed by atoms with Crippen LogP contribution < -0.4 is 5.73 Å². The zero-order valence-electron chi connectivity index (χ0n) is 10.6. The van der Waals surface area contributed by atoms with Crippen LogP contribution in [0.25, 0.3) is 16.9 Å². The molecule has 3 nitrogen and oxygen atoms in total. The summed E-state index contributed by atoms with van der Waals surface area (Å²) in [5.41, 5.74) is 10.8. The molecule has 2 aromatic heterocycles. The second kappa shape index (κ2) is 4.68. The third-order valence-electron chi connectivity index (χ3n) is 3.22. The summed E-state index contributed by atoms with van der Waals surface area (Å²) in [6.45, 7) is 2.49. The summed E-state index contributed by atoms with van der Waals surface area (Å²) in [6, 6.07) is 12.0. The monoisotopic (exact) mass is 271 g/mol. The van der Waals surface area contributed by atoms with Crippen molar-refractivity contribution in [2.45, 2.75) is 13.5 Å². The highest BCUT2D eigenvalue weighted by Crippen LogP contribution is 2.27. The first-order valence-corrected chi connectivity index (χ1v) is 6.51. The molecular formula is C15H14ClN3. The molecule has 0 bridgehead atoms. The summed E-state index contributed by atoms with van der Waals surface area (Å²) in [5, 5.41) is 0.635. The molecule has 0 aliphatic rings. The number of aryl methyl sites for hydroxylation is 1. The predicted octanol–water partition coefficient (Wildman–Crippen LogP) is 3.42. The number of pyridine rings is 1. The summed E-state index contributed by atoms with van der Waals surface area (Å²) >= 11 is 6.19. The smallest absolute Gasteiger partial charge is 0.156 e. The molecule has 0 amide bonds. The molecule has 3 rings (SSSR count). The molecule has 1 aromatic carbocycles. The number of imidazole rings is 1. The standard InChI is InChI=1S/C15H14ClN3/c1-10-4-6-11(7-5-10)14-13(9-17)19-8-2-3-12(16)15(19)18-14/h2-8H,9,17H2,1H3. The maximum atomic E-state index is 6.19. The highest BCUT2D eigenvalue weighted by Gasteiger charge is 2.14. The molecule has 0 saturated carbocycles. The number of hydrogen-bond acceptors (Lipinski definition) is 2. The van der Waals surface area contributed by atoms with Crippen LogP contribution in [0.5, 0.6) is 0 Å². The first kappa shape index (κ1) is 12.2. The van der Waals surface area contributed by atoms with Gasteiger partial charge in [0.15, 0.2) is 5.65 Å². The Balaban J connectivity index is 2.29. The third kappa shape index (κ3) is 2.01. The molecule has 3 aromatic rings. The van der Waals surface area contributed by atoms with E-state index in [0.29, 0.717) is 11.6 Å². The van der Waals surface area contributed by atoms with Crippen LogP contribution in [0, 0.1) is 6.92 Å². The minimum Gasteiger partial charge on any atom is -0.325 e. The lowest BCUT2D eigenvalue weighted by molar-refractivity contribution is 0.962. The van der Waals surface area contributed by atoms with Gasteiger partial charge in [-0.2, -0.15) is 0 Å². The summed E-state index contributed by atoms with van der Waals surface area (Å²) in [6.07, 6.45) is 1.94. The number of rotatable bonds is 2. The van der Waals surface area contributed by atoms with Gasteiger partial charge in [0, 0.05) is 18.3 Å². The number of halogens is 1. The number of nitrogens with two attached hydrogens (primary N) is 1. The van der Waals surface area contributed by atoms with Crippen molar-refractivity contribution in [3.05, 3.63) is 58.9 Å². The Hall–Kier alpha value is -1.84. The molecule has 0 aliphatic heterocycles. The predicted molar refractivity (Wildman–Crippen MR) is 78.3 cm³/mol. The molecule has 2 heterocycles. The van der Waals surface area contributed by atoms with E-state index < -0.39 is 0 Å². The van der Waals surface area contributed by atoms with Crippen molar-refractivity contribution in [1.82, 2.24) is 9.38 Å². The molecule has 0 fully saturated rings. The van der Waals surface area contributed by atoms with Crippen molar-refractivity contribution in [3.8, 4) is 11.3 Å². The van der Waals surface area contributed by atoms with Crippen LogP contribution in [0.15, 0.2) is 42.6 Å². The molecule has 4 heteroatoms. The minimum atomic E-state index is 0.421. The van der Waals surface area contributed by atoms with E-state index in [-0.39, 0.29) is 0 Å². The number of aromatic nitrogens is 2. The van der Waals surface area contributed by atoms with Crippen LogP contribution in [-0.4, -0.2) is 9.38 Å². The van der Waals surface area contributed by atoms with Crippen LogP contribution in [-0.2, 0) is 6.54 Å². The van der Waals surface area contributed by atoms with Gasteiger partial charge in [-0.05, 0) is 19.1 Å². The number of benzene rings is 1. The maximum Gasteiger partial charge on any atom is 0.156 e. The second-order valence-corrected chi connectivity index (χ2v) is 4.93. The van der Waals surface area contributed by atoms with Gasteiger partial charge >= 0.3 is 0 Å². The number of hydrogen-bond donors (Lipinski definition) is 1. The fourth-order valence-corrected chi connectivity index (χ4v) is 2.43. The van der Waals surface area contributed by atoms with Gasteiger partial charge < -0.3 is 10.1 Å². The number of fused-ring (bicyclic) bond motifs is 1. The van der Waals surface area contributed by atoms with Crippen molar-refractivity contribution in [1.29, 1.82) is 0 Å². The van der Waals surface area contributed by atoms with E-state index in [9.17, 15) is 0 Å². The molecule has 2 N–H and O–H groups in total. The van der Waals surface area contributed by atoms with E-state index in [2.05, 4.69) is 36.2 Å². The molecule has 96 valence electrons. The quantitative estimate of drug-likeness (QED) is 0.776. The normalized spacial score (nSPS) is 11.1. The van der Waals surface area contributed by atoms with Crippen LogP contribution in [0.4, 0.5) is 0 Å². The van der Waals surface area contributed by atoms with Crippen LogP contribution in [0.3, 0.4) is 0 Å². The molecule has 0 atom stereocenters. The average molecular weight is 272 g/mol. The van der Waals surface area contributed by atoms with E-state index in [1.54, 1.807) is 0 Å². The minimum absolute atomic E-state index is 0.421. The first-order chi connectivity index (χ1) is 9.20. The van der Waals surface area contributed by atoms with Gasteiger partial charge in [0.05, 0.1) is 16.4 Å².